The maximum absolute atomic E-state index is 13.9. The van der Waals surface area contributed by atoms with E-state index in [1.807, 2.05) is 17.6 Å². The quantitative estimate of drug-likeness (QED) is 0.878. The molecule has 21 heavy (non-hydrogen) atoms. The largest absolute Gasteiger partial charge is 0.389 e. The van der Waals surface area contributed by atoms with E-state index in [-0.39, 0.29) is 10.8 Å². The third-order valence-corrected chi connectivity index (χ3v) is 4.60. The fourth-order valence-electron chi connectivity index (χ4n) is 2.43. The van der Waals surface area contributed by atoms with E-state index in [0.717, 1.165) is 37.0 Å². The maximum atomic E-state index is 13.9. The highest BCUT2D eigenvalue weighted by atomic mass is 32.1. The van der Waals surface area contributed by atoms with E-state index in [1.165, 1.54) is 6.07 Å². The topological polar surface area (TPSA) is 45.4 Å². The number of nitrogens with two attached hydrogens (primary N) is 1. The minimum Gasteiger partial charge on any atom is -0.389 e. The van der Waals surface area contributed by atoms with Gasteiger partial charge in [0.25, 0.3) is 0 Å². The third kappa shape index (κ3) is 2.98. The summed E-state index contributed by atoms with van der Waals surface area (Å²) in [6, 6.07) is 5.03. The van der Waals surface area contributed by atoms with Gasteiger partial charge in [-0.05, 0) is 18.2 Å². The molecule has 0 atom stereocenters. The van der Waals surface area contributed by atoms with Gasteiger partial charge in [0.1, 0.15) is 10.8 Å². The minimum atomic E-state index is -0.359. The molecule has 110 valence electrons. The van der Waals surface area contributed by atoms with Crippen LogP contribution in [0.25, 0.3) is 0 Å². The molecule has 0 radical (unpaired) electrons. The average molecular weight is 322 g/mol. The second-order valence-corrected chi connectivity index (χ2v) is 6.13. The van der Waals surface area contributed by atoms with Crippen LogP contribution in [-0.4, -0.2) is 36.2 Å². The highest BCUT2D eigenvalue weighted by Crippen LogP contribution is 2.23. The molecule has 3 rings (SSSR count). The first-order chi connectivity index (χ1) is 10.1. The summed E-state index contributed by atoms with van der Waals surface area (Å²) < 4.78 is 13.9. The van der Waals surface area contributed by atoms with Gasteiger partial charge < -0.3 is 15.5 Å². The number of piperazine rings is 1. The van der Waals surface area contributed by atoms with Crippen molar-refractivity contribution in [2.45, 2.75) is 0 Å². The van der Waals surface area contributed by atoms with Crippen LogP contribution in [0.5, 0.6) is 0 Å². The van der Waals surface area contributed by atoms with Crippen LogP contribution >= 0.6 is 23.6 Å². The van der Waals surface area contributed by atoms with E-state index in [1.54, 1.807) is 17.4 Å². The molecule has 0 aliphatic carbocycles. The van der Waals surface area contributed by atoms with E-state index in [2.05, 4.69) is 14.8 Å². The van der Waals surface area contributed by atoms with E-state index >= 15 is 0 Å². The monoisotopic (exact) mass is 322 g/mol. The molecule has 1 fully saturated rings. The summed E-state index contributed by atoms with van der Waals surface area (Å²) in [4.78, 5) is 8.83. The molecule has 1 aliphatic rings. The molecule has 1 saturated heterocycles. The Labute approximate surface area is 132 Å². The molecular formula is C14H15FN4S2. The Bertz CT molecular complexity index is 636. The number of hydrogen-bond donors (Lipinski definition) is 1. The van der Waals surface area contributed by atoms with Crippen molar-refractivity contribution in [2.24, 2.45) is 5.73 Å². The fraction of sp³-hybridized carbons (Fsp3) is 0.286. The van der Waals surface area contributed by atoms with Crippen LogP contribution in [-0.2, 0) is 0 Å². The molecule has 0 unspecified atom stereocenters. The zero-order valence-electron chi connectivity index (χ0n) is 11.3. The van der Waals surface area contributed by atoms with Crippen LogP contribution in [0.15, 0.2) is 29.8 Å². The molecule has 2 heterocycles. The molecule has 4 nitrogen and oxygen atoms in total. The summed E-state index contributed by atoms with van der Waals surface area (Å²) in [5.74, 6) is -0.359. The standard InChI is InChI=1S/C14H15FN4S2/c15-12-9-10(1-2-11(12)13(16)20)18-4-6-19(7-5-18)14-17-3-8-21-14/h1-3,8-9H,4-7H2,(H2,16,20). The lowest BCUT2D eigenvalue weighted by Gasteiger charge is -2.36. The number of anilines is 2. The van der Waals surface area contributed by atoms with Crippen LogP contribution in [0, 0.1) is 5.82 Å². The number of halogens is 1. The number of nitrogens with zero attached hydrogens (tertiary/aromatic N) is 3. The normalized spacial score (nSPS) is 15.3. The maximum Gasteiger partial charge on any atom is 0.185 e. The molecular weight excluding hydrogens is 307 g/mol. The van der Waals surface area contributed by atoms with Crippen molar-refractivity contribution >= 4 is 39.4 Å². The first kappa shape index (κ1) is 14.2. The first-order valence-electron chi connectivity index (χ1n) is 6.64. The average Bonchev–Trinajstić information content (AvgIpc) is 3.01. The summed E-state index contributed by atoms with van der Waals surface area (Å²) in [5.41, 5.74) is 6.65. The lowest BCUT2D eigenvalue weighted by Crippen LogP contribution is -2.46. The lowest BCUT2D eigenvalue weighted by atomic mass is 10.1. The second-order valence-electron chi connectivity index (χ2n) is 4.82. The van der Waals surface area contributed by atoms with Crippen LogP contribution in [0.1, 0.15) is 5.56 Å². The first-order valence-corrected chi connectivity index (χ1v) is 7.92. The van der Waals surface area contributed by atoms with Crippen molar-refractivity contribution in [3.8, 4) is 0 Å². The van der Waals surface area contributed by atoms with Crippen LogP contribution in [0.3, 0.4) is 0 Å². The molecule has 0 amide bonds. The highest BCUT2D eigenvalue weighted by Gasteiger charge is 2.19. The van der Waals surface area contributed by atoms with Crippen molar-refractivity contribution in [3.63, 3.8) is 0 Å². The zero-order valence-corrected chi connectivity index (χ0v) is 13.0. The van der Waals surface area contributed by atoms with Crippen molar-refractivity contribution in [1.29, 1.82) is 0 Å². The Hall–Kier alpha value is -1.73. The SMILES string of the molecule is NC(=S)c1ccc(N2CCN(c3nccs3)CC2)cc1F. The predicted octanol–water partition coefficient (Wildman–Crippen LogP) is 2.24. The second kappa shape index (κ2) is 5.95. The van der Waals surface area contributed by atoms with Gasteiger partial charge in [-0.15, -0.1) is 11.3 Å². The molecule has 7 heteroatoms. The summed E-state index contributed by atoms with van der Waals surface area (Å²) in [6.07, 6.45) is 1.82. The fourth-order valence-corrected chi connectivity index (χ4v) is 3.29. The Morgan fingerprint density at radius 2 is 1.95 bits per heavy atom. The third-order valence-electron chi connectivity index (χ3n) is 3.55. The van der Waals surface area contributed by atoms with E-state index < -0.39 is 0 Å². The van der Waals surface area contributed by atoms with E-state index in [9.17, 15) is 4.39 Å². The predicted molar refractivity (Wildman–Crippen MR) is 88.8 cm³/mol. The van der Waals surface area contributed by atoms with Crippen LogP contribution in [0.4, 0.5) is 15.2 Å². The van der Waals surface area contributed by atoms with Gasteiger partial charge in [0.15, 0.2) is 5.13 Å². The number of aromatic nitrogens is 1. The van der Waals surface area contributed by atoms with Crippen LogP contribution in [0.2, 0.25) is 0 Å². The van der Waals surface area contributed by atoms with Gasteiger partial charge in [-0.3, -0.25) is 0 Å². The number of hydrogen-bond acceptors (Lipinski definition) is 5. The van der Waals surface area contributed by atoms with Gasteiger partial charge in [0.05, 0.1) is 0 Å². The lowest BCUT2D eigenvalue weighted by molar-refractivity contribution is 0.618. The molecule has 1 aromatic carbocycles. The summed E-state index contributed by atoms with van der Waals surface area (Å²) >= 11 is 6.46. The van der Waals surface area contributed by atoms with Crippen molar-refractivity contribution < 1.29 is 4.39 Å². The molecule has 0 bridgehead atoms. The smallest absolute Gasteiger partial charge is 0.185 e. The Kier molecular flexibility index (Phi) is 4.03. The van der Waals surface area contributed by atoms with Gasteiger partial charge in [-0.1, -0.05) is 12.2 Å². The Morgan fingerprint density at radius 1 is 1.24 bits per heavy atom. The van der Waals surface area contributed by atoms with Gasteiger partial charge in [-0.2, -0.15) is 0 Å². The molecule has 0 saturated carbocycles. The van der Waals surface area contributed by atoms with E-state index in [4.69, 9.17) is 18.0 Å². The highest BCUT2D eigenvalue weighted by molar-refractivity contribution is 7.80. The number of benzene rings is 1. The van der Waals surface area contributed by atoms with Gasteiger partial charge in [0.2, 0.25) is 0 Å². The van der Waals surface area contributed by atoms with Gasteiger partial charge in [-0.25, -0.2) is 9.37 Å². The summed E-state index contributed by atoms with van der Waals surface area (Å²) in [7, 11) is 0. The van der Waals surface area contributed by atoms with Crippen molar-refractivity contribution in [2.75, 3.05) is 36.0 Å². The molecule has 0 spiro atoms. The number of rotatable bonds is 3. The Morgan fingerprint density at radius 3 is 2.52 bits per heavy atom. The molecule has 2 aromatic rings. The Balaban J connectivity index is 1.69. The molecule has 1 aliphatic heterocycles. The number of thiocarbonyl (C=S) groups is 1. The van der Waals surface area contributed by atoms with Crippen molar-refractivity contribution in [3.05, 3.63) is 41.2 Å². The summed E-state index contributed by atoms with van der Waals surface area (Å²) in [6.45, 7) is 3.44. The summed E-state index contributed by atoms with van der Waals surface area (Å²) in [5, 5.41) is 3.02. The van der Waals surface area contributed by atoms with Gasteiger partial charge in [0, 0.05) is 49.0 Å². The zero-order chi connectivity index (χ0) is 14.8. The van der Waals surface area contributed by atoms with E-state index in [0.29, 0.717) is 5.56 Å². The minimum absolute atomic E-state index is 0.0904. The van der Waals surface area contributed by atoms with Gasteiger partial charge >= 0.3 is 0 Å². The molecule has 1 aromatic heterocycles. The van der Waals surface area contributed by atoms with Crippen LogP contribution < -0.4 is 15.5 Å². The van der Waals surface area contributed by atoms with Crippen molar-refractivity contribution in [1.82, 2.24) is 4.98 Å². The number of thiazole rings is 1. The molecule has 2 N–H and O–H groups in total.